The van der Waals surface area contributed by atoms with Crippen LogP contribution < -0.4 is 4.74 Å². The SMILES string of the molecule is COCCN(C)CCOc1ccc(CN(C(=O)CC(=O)Cc2ccc(C(F)(F)F)cc2-c2cc(C(F)(F)F)ncn2)N(C)C2(C(=O)OC)CCCC2)c(F)c1F. The quantitative estimate of drug-likeness (QED) is 0.0669. The Balaban J connectivity index is 1.64. The molecule has 1 saturated carbocycles. The van der Waals surface area contributed by atoms with Crippen molar-refractivity contribution in [3.05, 3.63) is 76.7 Å². The molecule has 1 amide bonds. The van der Waals surface area contributed by atoms with E-state index in [-0.39, 0.29) is 30.6 Å². The molecule has 0 unspecified atom stereocenters. The van der Waals surface area contributed by atoms with E-state index in [0.717, 1.165) is 18.2 Å². The van der Waals surface area contributed by atoms with Crippen molar-refractivity contribution >= 4 is 17.7 Å². The van der Waals surface area contributed by atoms with Crippen molar-refractivity contribution < 1.29 is 63.7 Å². The summed E-state index contributed by atoms with van der Waals surface area (Å²) in [6.07, 6.45) is -9.53. The van der Waals surface area contributed by atoms with Crippen LogP contribution in [0.25, 0.3) is 11.3 Å². The summed E-state index contributed by atoms with van der Waals surface area (Å²) in [5.41, 5.74) is -5.64. The number of hydrogen-bond acceptors (Lipinski definition) is 10. The normalized spacial score (nSPS) is 14.3. The molecule has 0 saturated heterocycles. The van der Waals surface area contributed by atoms with Crippen LogP contribution in [0.1, 0.15) is 54.5 Å². The third kappa shape index (κ3) is 10.5. The highest BCUT2D eigenvalue weighted by molar-refractivity contribution is 5.99. The second-order valence-corrected chi connectivity index (χ2v) is 13.2. The second-order valence-electron chi connectivity index (χ2n) is 13.2. The Hall–Kier alpha value is -4.75. The van der Waals surface area contributed by atoms with E-state index >= 15 is 8.78 Å². The Bertz CT molecular complexity index is 1870. The van der Waals surface area contributed by atoms with Crippen molar-refractivity contribution in [2.24, 2.45) is 0 Å². The van der Waals surface area contributed by atoms with Crippen molar-refractivity contribution in [3.63, 3.8) is 0 Å². The number of ether oxygens (including phenoxy) is 3. The van der Waals surface area contributed by atoms with E-state index in [1.54, 1.807) is 14.2 Å². The number of likely N-dealkylation sites (N-methyl/N-ethyl adjacent to an activating group) is 2. The molecule has 56 heavy (non-hydrogen) atoms. The molecule has 1 aromatic heterocycles. The standard InChI is InChI=1S/C37H41F8N5O6/c1-48(13-15-54-3)14-16-56-29-10-8-24(32(38)33(29)39)21-50(49(2)35(34(53)55-4)11-5-6-12-35)31(52)19-26(51)17-23-7-9-25(36(40,41)42)18-27(23)28-20-30(37(43,44)45)47-22-46-28/h7-10,18,20,22H,5-6,11-17,19,21H2,1-4H3. The zero-order valence-corrected chi connectivity index (χ0v) is 31.0. The number of hydrogen-bond donors (Lipinski definition) is 0. The first-order valence-corrected chi connectivity index (χ1v) is 17.3. The maximum atomic E-state index is 15.6. The Labute approximate surface area is 317 Å². The molecule has 4 rings (SSSR count). The highest BCUT2D eigenvalue weighted by Crippen LogP contribution is 2.39. The number of Topliss-reactive ketones (excluding diaryl/α,β-unsaturated/α-hetero) is 1. The van der Waals surface area contributed by atoms with Crippen molar-refractivity contribution in [3.8, 4) is 17.0 Å². The van der Waals surface area contributed by atoms with E-state index in [1.807, 2.05) is 4.90 Å². The Morgan fingerprint density at radius 3 is 2.12 bits per heavy atom. The molecule has 1 aliphatic carbocycles. The molecule has 3 aromatic rings. The molecular weight excluding hydrogens is 762 g/mol. The number of aromatic nitrogens is 2. The van der Waals surface area contributed by atoms with Gasteiger partial charge in [0.1, 0.15) is 30.0 Å². The van der Waals surface area contributed by atoms with Crippen LogP contribution in [-0.2, 0) is 49.2 Å². The monoisotopic (exact) mass is 803 g/mol. The number of benzene rings is 2. The van der Waals surface area contributed by atoms with Crippen LogP contribution in [0.4, 0.5) is 35.1 Å². The van der Waals surface area contributed by atoms with Gasteiger partial charge in [-0.3, -0.25) is 14.6 Å². The first-order chi connectivity index (χ1) is 26.3. The summed E-state index contributed by atoms with van der Waals surface area (Å²) < 4.78 is 128. The zero-order valence-electron chi connectivity index (χ0n) is 31.0. The van der Waals surface area contributed by atoms with Gasteiger partial charge in [-0.1, -0.05) is 25.0 Å². The van der Waals surface area contributed by atoms with E-state index in [0.29, 0.717) is 57.1 Å². The van der Waals surface area contributed by atoms with E-state index in [2.05, 4.69) is 9.97 Å². The smallest absolute Gasteiger partial charge is 0.433 e. The van der Waals surface area contributed by atoms with Crippen molar-refractivity contribution in [1.82, 2.24) is 24.9 Å². The fourth-order valence-corrected chi connectivity index (χ4v) is 6.38. The minimum Gasteiger partial charge on any atom is -0.489 e. The molecule has 0 bridgehead atoms. The van der Waals surface area contributed by atoms with Crippen LogP contribution in [0.2, 0.25) is 0 Å². The third-order valence-corrected chi connectivity index (χ3v) is 9.53. The van der Waals surface area contributed by atoms with Gasteiger partial charge in [0.05, 0.1) is 37.9 Å². The summed E-state index contributed by atoms with van der Waals surface area (Å²) in [5, 5.41) is 2.12. The minimum absolute atomic E-state index is 0.00833. The number of carbonyl (C=O) groups is 3. The lowest BCUT2D eigenvalue weighted by Gasteiger charge is -2.43. The predicted molar refractivity (Wildman–Crippen MR) is 184 cm³/mol. The lowest BCUT2D eigenvalue weighted by molar-refractivity contribution is -0.179. The minimum atomic E-state index is -4.96. The van der Waals surface area contributed by atoms with Gasteiger partial charge in [-0.15, -0.1) is 0 Å². The lowest BCUT2D eigenvalue weighted by atomic mass is 9.95. The topological polar surface area (TPSA) is 114 Å². The molecule has 0 atom stereocenters. The van der Waals surface area contributed by atoms with Crippen LogP contribution in [-0.4, -0.2) is 103 Å². The molecule has 2 aromatic carbocycles. The number of alkyl halides is 6. The summed E-state index contributed by atoms with van der Waals surface area (Å²) in [4.78, 5) is 49.4. The van der Waals surface area contributed by atoms with Gasteiger partial charge < -0.3 is 19.1 Å². The van der Waals surface area contributed by atoms with Crippen LogP contribution in [0.15, 0.2) is 42.7 Å². The molecule has 0 N–H and O–H groups in total. The molecule has 0 aliphatic heterocycles. The maximum Gasteiger partial charge on any atom is 0.433 e. The summed E-state index contributed by atoms with van der Waals surface area (Å²) in [5.74, 6) is -5.71. The number of esters is 1. The van der Waals surface area contributed by atoms with Gasteiger partial charge in [-0.05, 0) is 49.7 Å². The first-order valence-electron chi connectivity index (χ1n) is 17.3. The second kappa shape index (κ2) is 18.5. The summed E-state index contributed by atoms with van der Waals surface area (Å²) >= 11 is 0. The number of halogens is 8. The first kappa shape index (κ1) is 44.0. The fraction of sp³-hybridized carbons (Fsp3) is 0.486. The van der Waals surface area contributed by atoms with E-state index in [1.165, 1.54) is 24.2 Å². The molecule has 0 spiro atoms. The fourth-order valence-electron chi connectivity index (χ4n) is 6.38. The molecule has 306 valence electrons. The predicted octanol–water partition coefficient (Wildman–Crippen LogP) is 6.28. The molecule has 11 nitrogen and oxygen atoms in total. The Kier molecular flexibility index (Phi) is 14.5. The molecule has 1 heterocycles. The molecule has 19 heteroatoms. The van der Waals surface area contributed by atoms with Crippen molar-refractivity contribution in [2.45, 2.75) is 63.0 Å². The van der Waals surface area contributed by atoms with Crippen LogP contribution >= 0.6 is 0 Å². The highest BCUT2D eigenvalue weighted by Gasteiger charge is 2.49. The number of methoxy groups -OCH3 is 2. The lowest BCUT2D eigenvalue weighted by Crippen LogP contribution is -2.60. The average molecular weight is 804 g/mol. The van der Waals surface area contributed by atoms with E-state index in [9.17, 15) is 40.7 Å². The Morgan fingerprint density at radius 1 is 0.839 bits per heavy atom. The van der Waals surface area contributed by atoms with Gasteiger partial charge in [0.2, 0.25) is 11.7 Å². The summed E-state index contributed by atoms with van der Waals surface area (Å²) in [6, 6.07) is 4.85. The Morgan fingerprint density at radius 2 is 1.50 bits per heavy atom. The van der Waals surface area contributed by atoms with Gasteiger partial charge in [-0.25, -0.2) is 24.2 Å². The van der Waals surface area contributed by atoms with Gasteiger partial charge in [0.25, 0.3) is 0 Å². The maximum absolute atomic E-state index is 15.6. The number of amides is 1. The van der Waals surface area contributed by atoms with Crippen LogP contribution in [0.5, 0.6) is 5.75 Å². The largest absolute Gasteiger partial charge is 0.489 e. The van der Waals surface area contributed by atoms with Gasteiger partial charge in [0, 0.05) is 44.8 Å². The summed E-state index contributed by atoms with van der Waals surface area (Å²) in [7, 11) is 5.83. The van der Waals surface area contributed by atoms with Gasteiger partial charge in [0.15, 0.2) is 11.6 Å². The van der Waals surface area contributed by atoms with Gasteiger partial charge in [-0.2, -0.15) is 30.7 Å². The van der Waals surface area contributed by atoms with Crippen LogP contribution in [0.3, 0.4) is 0 Å². The third-order valence-electron chi connectivity index (χ3n) is 9.53. The molecule has 0 radical (unpaired) electrons. The molecular formula is C37H41F8N5O6. The summed E-state index contributed by atoms with van der Waals surface area (Å²) in [6.45, 7) is 0.723. The number of ketones is 1. The van der Waals surface area contributed by atoms with Crippen molar-refractivity contribution in [1.29, 1.82) is 0 Å². The number of nitrogens with zero attached hydrogens (tertiary/aromatic N) is 5. The molecule has 1 aliphatic rings. The van der Waals surface area contributed by atoms with Crippen LogP contribution in [0, 0.1) is 11.6 Å². The highest BCUT2D eigenvalue weighted by atomic mass is 19.4. The van der Waals surface area contributed by atoms with E-state index < -0.39 is 94.8 Å². The van der Waals surface area contributed by atoms with Crippen molar-refractivity contribution in [2.75, 3.05) is 54.6 Å². The number of hydrazine groups is 1. The van der Waals surface area contributed by atoms with Gasteiger partial charge >= 0.3 is 18.3 Å². The molecule has 1 fully saturated rings. The number of rotatable bonds is 17. The average Bonchev–Trinajstić information content (AvgIpc) is 3.65. The van der Waals surface area contributed by atoms with E-state index in [4.69, 9.17) is 14.2 Å². The zero-order chi connectivity index (χ0) is 41.4. The number of carbonyl (C=O) groups excluding carboxylic acids is 3.